The van der Waals surface area contributed by atoms with Gasteiger partial charge in [0.2, 0.25) is 0 Å². The molecule has 1 unspecified atom stereocenters. The first-order valence-corrected chi connectivity index (χ1v) is 6.64. The van der Waals surface area contributed by atoms with Gasteiger partial charge in [0.05, 0.1) is 12.5 Å². The summed E-state index contributed by atoms with van der Waals surface area (Å²) >= 11 is 0. The van der Waals surface area contributed by atoms with Crippen molar-refractivity contribution in [2.24, 2.45) is 17.6 Å². The Balaban J connectivity index is 2.38. The third kappa shape index (κ3) is 4.52. The molecule has 0 amide bonds. The van der Waals surface area contributed by atoms with Crippen LogP contribution in [0.1, 0.15) is 51.9 Å². The quantitative estimate of drug-likeness (QED) is 0.580. The monoisotopic (exact) mass is 227 g/mol. The number of esters is 1. The molecule has 16 heavy (non-hydrogen) atoms. The van der Waals surface area contributed by atoms with E-state index in [1.165, 1.54) is 38.5 Å². The minimum Gasteiger partial charge on any atom is -0.466 e. The summed E-state index contributed by atoms with van der Waals surface area (Å²) < 4.78 is 5.05. The molecule has 0 radical (unpaired) electrons. The summed E-state index contributed by atoms with van der Waals surface area (Å²) in [4.78, 5) is 11.6. The van der Waals surface area contributed by atoms with E-state index in [2.05, 4.69) is 0 Å². The third-order valence-electron chi connectivity index (χ3n) is 3.50. The molecule has 1 rings (SSSR count). The molecule has 1 saturated carbocycles. The van der Waals surface area contributed by atoms with Gasteiger partial charge >= 0.3 is 5.97 Å². The molecule has 1 atom stereocenters. The minimum absolute atomic E-state index is 0.0805. The smallest absolute Gasteiger partial charge is 0.310 e. The average molecular weight is 227 g/mol. The maximum absolute atomic E-state index is 11.6. The van der Waals surface area contributed by atoms with Gasteiger partial charge in [0.15, 0.2) is 0 Å². The number of carbonyl (C=O) groups excluding carboxylic acids is 1. The highest BCUT2D eigenvalue weighted by atomic mass is 16.5. The molecule has 3 heteroatoms. The summed E-state index contributed by atoms with van der Waals surface area (Å²) in [5.41, 5.74) is 5.66. The summed E-state index contributed by atoms with van der Waals surface area (Å²) in [6.07, 6.45) is 8.77. The summed E-state index contributed by atoms with van der Waals surface area (Å²) in [6.45, 7) is 2.73. The molecule has 0 bridgehead atoms. The Morgan fingerprint density at radius 3 is 2.44 bits per heavy atom. The number of nitrogens with two attached hydrogens (primary N) is 1. The third-order valence-corrected chi connectivity index (χ3v) is 3.50. The molecule has 2 N–H and O–H groups in total. The van der Waals surface area contributed by atoms with E-state index in [1.807, 2.05) is 6.92 Å². The molecule has 0 aliphatic heterocycles. The number of carbonyl (C=O) groups is 1. The van der Waals surface area contributed by atoms with Crippen LogP contribution in [0.25, 0.3) is 0 Å². The molecule has 0 saturated heterocycles. The SMILES string of the molecule is CCOC(=O)C(CN)CC1CCCCCC1. The zero-order chi connectivity index (χ0) is 11.8. The Morgan fingerprint density at radius 1 is 1.31 bits per heavy atom. The van der Waals surface area contributed by atoms with Crippen molar-refractivity contribution in [3.8, 4) is 0 Å². The molecule has 1 aliphatic carbocycles. The molecule has 1 fully saturated rings. The van der Waals surface area contributed by atoms with Crippen LogP contribution in [0.2, 0.25) is 0 Å². The zero-order valence-electron chi connectivity index (χ0n) is 10.4. The lowest BCUT2D eigenvalue weighted by Crippen LogP contribution is -2.28. The number of hydrogen-bond acceptors (Lipinski definition) is 3. The Bertz CT molecular complexity index is 198. The average Bonchev–Trinajstić information content (AvgIpc) is 2.54. The van der Waals surface area contributed by atoms with Crippen LogP contribution in [0.4, 0.5) is 0 Å². The predicted molar refractivity (Wildman–Crippen MR) is 65.0 cm³/mol. The summed E-state index contributed by atoms with van der Waals surface area (Å²) in [5.74, 6) is 0.498. The Hall–Kier alpha value is -0.570. The first kappa shape index (κ1) is 13.5. The number of ether oxygens (including phenoxy) is 1. The molecule has 0 aromatic heterocycles. The molecular formula is C13H25NO2. The molecule has 94 valence electrons. The fraction of sp³-hybridized carbons (Fsp3) is 0.923. The van der Waals surface area contributed by atoms with E-state index in [9.17, 15) is 4.79 Å². The predicted octanol–water partition coefficient (Wildman–Crippen LogP) is 2.48. The van der Waals surface area contributed by atoms with E-state index in [1.54, 1.807) is 0 Å². The highest BCUT2D eigenvalue weighted by Crippen LogP contribution is 2.28. The van der Waals surface area contributed by atoms with Crippen molar-refractivity contribution >= 4 is 5.97 Å². The van der Waals surface area contributed by atoms with Gasteiger partial charge in [0.1, 0.15) is 0 Å². The van der Waals surface area contributed by atoms with Crippen molar-refractivity contribution in [1.82, 2.24) is 0 Å². The van der Waals surface area contributed by atoms with Gasteiger partial charge in [-0.3, -0.25) is 4.79 Å². The summed E-state index contributed by atoms with van der Waals surface area (Å²) in [7, 11) is 0. The topological polar surface area (TPSA) is 52.3 Å². The minimum atomic E-state index is -0.103. The first-order chi connectivity index (χ1) is 7.77. The lowest BCUT2D eigenvalue weighted by atomic mass is 9.89. The summed E-state index contributed by atoms with van der Waals surface area (Å²) in [6, 6.07) is 0. The maximum atomic E-state index is 11.6. The molecule has 0 aromatic rings. The second-order valence-corrected chi connectivity index (χ2v) is 4.78. The van der Waals surface area contributed by atoms with E-state index < -0.39 is 0 Å². The highest BCUT2D eigenvalue weighted by Gasteiger charge is 2.23. The summed E-state index contributed by atoms with van der Waals surface area (Å²) in [5, 5.41) is 0. The lowest BCUT2D eigenvalue weighted by Gasteiger charge is -2.19. The van der Waals surface area contributed by atoms with Crippen LogP contribution in [0.5, 0.6) is 0 Å². The van der Waals surface area contributed by atoms with E-state index >= 15 is 0 Å². The van der Waals surface area contributed by atoms with Gasteiger partial charge in [0, 0.05) is 6.54 Å². The second kappa shape index (κ2) is 7.66. The largest absolute Gasteiger partial charge is 0.466 e. The van der Waals surface area contributed by atoms with E-state index in [0.717, 1.165) is 6.42 Å². The van der Waals surface area contributed by atoms with E-state index in [0.29, 0.717) is 19.1 Å². The lowest BCUT2D eigenvalue weighted by molar-refractivity contribution is -0.148. The highest BCUT2D eigenvalue weighted by molar-refractivity contribution is 5.72. The van der Waals surface area contributed by atoms with Crippen molar-refractivity contribution in [3.05, 3.63) is 0 Å². The molecule has 3 nitrogen and oxygen atoms in total. The van der Waals surface area contributed by atoms with Gasteiger partial charge in [-0.25, -0.2) is 0 Å². The van der Waals surface area contributed by atoms with Crippen molar-refractivity contribution in [2.45, 2.75) is 51.9 Å². The molecule has 0 aromatic carbocycles. The van der Waals surface area contributed by atoms with Gasteiger partial charge in [-0.05, 0) is 19.3 Å². The van der Waals surface area contributed by atoms with Gasteiger partial charge in [0.25, 0.3) is 0 Å². The Morgan fingerprint density at radius 2 is 1.94 bits per heavy atom. The fourth-order valence-electron chi connectivity index (χ4n) is 2.55. The van der Waals surface area contributed by atoms with Gasteiger partial charge in [-0.2, -0.15) is 0 Å². The van der Waals surface area contributed by atoms with Crippen LogP contribution in [-0.4, -0.2) is 19.1 Å². The van der Waals surface area contributed by atoms with Crippen LogP contribution in [0, 0.1) is 11.8 Å². The van der Waals surface area contributed by atoms with Crippen LogP contribution in [-0.2, 0) is 9.53 Å². The van der Waals surface area contributed by atoms with E-state index in [-0.39, 0.29) is 11.9 Å². The van der Waals surface area contributed by atoms with Crippen molar-refractivity contribution < 1.29 is 9.53 Å². The maximum Gasteiger partial charge on any atom is 0.310 e. The molecule has 0 heterocycles. The van der Waals surface area contributed by atoms with Gasteiger partial charge in [-0.1, -0.05) is 38.5 Å². The van der Waals surface area contributed by atoms with Gasteiger partial charge in [-0.15, -0.1) is 0 Å². The Kier molecular flexibility index (Phi) is 6.46. The molecule has 0 spiro atoms. The molecule has 1 aliphatic rings. The van der Waals surface area contributed by atoms with Crippen LogP contribution < -0.4 is 5.73 Å². The standard InChI is InChI=1S/C13H25NO2/c1-2-16-13(15)12(10-14)9-11-7-5-3-4-6-8-11/h11-12H,2-10,14H2,1H3. The van der Waals surface area contributed by atoms with E-state index in [4.69, 9.17) is 10.5 Å². The number of rotatable bonds is 5. The first-order valence-electron chi connectivity index (χ1n) is 6.64. The fourth-order valence-corrected chi connectivity index (χ4v) is 2.55. The van der Waals surface area contributed by atoms with Crippen LogP contribution in [0.3, 0.4) is 0 Å². The van der Waals surface area contributed by atoms with Crippen molar-refractivity contribution in [3.63, 3.8) is 0 Å². The van der Waals surface area contributed by atoms with Crippen molar-refractivity contribution in [2.75, 3.05) is 13.2 Å². The number of hydrogen-bond donors (Lipinski definition) is 1. The zero-order valence-corrected chi connectivity index (χ0v) is 10.4. The van der Waals surface area contributed by atoms with Gasteiger partial charge < -0.3 is 10.5 Å². The van der Waals surface area contributed by atoms with Crippen molar-refractivity contribution in [1.29, 1.82) is 0 Å². The van der Waals surface area contributed by atoms with Crippen LogP contribution in [0.15, 0.2) is 0 Å². The Labute approximate surface area is 98.7 Å². The second-order valence-electron chi connectivity index (χ2n) is 4.78. The normalized spacial score (nSPS) is 20.1. The van der Waals surface area contributed by atoms with Crippen LogP contribution >= 0.6 is 0 Å². The molecular weight excluding hydrogens is 202 g/mol.